The third-order valence-electron chi connectivity index (χ3n) is 3.77. The van der Waals surface area contributed by atoms with Crippen LogP contribution in [-0.4, -0.2) is 31.3 Å². The molecule has 0 saturated carbocycles. The van der Waals surface area contributed by atoms with E-state index in [4.69, 9.17) is 4.74 Å². The Morgan fingerprint density at radius 3 is 2.83 bits per heavy atom. The van der Waals surface area contributed by atoms with Gasteiger partial charge in [-0.1, -0.05) is 12.1 Å². The summed E-state index contributed by atoms with van der Waals surface area (Å²) in [6.45, 7) is 2.14. The molecule has 0 unspecified atom stereocenters. The van der Waals surface area contributed by atoms with Crippen LogP contribution in [0.3, 0.4) is 0 Å². The van der Waals surface area contributed by atoms with Gasteiger partial charge in [0.25, 0.3) is 0 Å². The van der Waals surface area contributed by atoms with Gasteiger partial charge in [-0.2, -0.15) is 0 Å². The van der Waals surface area contributed by atoms with Crippen molar-refractivity contribution in [1.82, 2.24) is 4.98 Å². The molecule has 3 nitrogen and oxygen atoms in total. The summed E-state index contributed by atoms with van der Waals surface area (Å²) in [6, 6.07) is 8.54. The average molecular weight is 242 g/mol. The number of piperidine rings is 1. The average Bonchev–Trinajstić information content (AvgIpc) is 2.47. The smallest absolute Gasteiger partial charge is 0.0605 e. The maximum Gasteiger partial charge on any atom is 0.0605 e. The molecular weight excluding hydrogens is 224 g/mol. The first-order chi connectivity index (χ1) is 8.88. The Kier molecular flexibility index (Phi) is 3.15. The fourth-order valence-corrected chi connectivity index (χ4v) is 2.71. The van der Waals surface area contributed by atoms with Crippen molar-refractivity contribution >= 4 is 16.5 Å². The summed E-state index contributed by atoms with van der Waals surface area (Å²) in [6.07, 6.45) is 6.45. The van der Waals surface area contributed by atoms with Crippen LogP contribution in [0, 0.1) is 0 Å². The summed E-state index contributed by atoms with van der Waals surface area (Å²) >= 11 is 0. The summed E-state index contributed by atoms with van der Waals surface area (Å²) in [7, 11) is 1.81. The lowest BCUT2D eigenvalue weighted by atomic mass is 10.0. The predicted octanol–water partition coefficient (Wildman–Crippen LogP) is 2.85. The molecule has 1 fully saturated rings. The number of fused-ring (bicyclic) bond motifs is 1. The minimum absolute atomic E-state index is 0.429. The largest absolute Gasteiger partial charge is 0.381 e. The monoisotopic (exact) mass is 242 g/mol. The molecule has 18 heavy (non-hydrogen) atoms. The van der Waals surface area contributed by atoms with E-state index in [2.05, 4.69) is 34.1 Å². The Hall–Kier alpha value is -1.61. The van der Waals surface area contributed by atoms with Crippen LogP contribution in [0.4, 0.5) is 5.69 Å². The number of methoxy groups -OCH3 is 1. The maximum absolute atomic E-state index is 5.43. The molecule has 0 bridgehead atoms. The molecule has 2 aromatic rings. The maximum atomic E-state index is 5.43. The normalized spacial score (nSPS) is 17.3. The van der Waals surface area contributed by atoms with E-state index in [0.717, 1.165) is 25.9 Å². The lowest BCUT2D eigenvalue weighted by Gasteiger charge is -2.33. The van der Waals surface area contributed by atoms with Crippen LogP contribution in [0.15, 0.2) is 36.7 Å². The molecule has 0 atom stereocenters. The molecule has 0 aliphatic carbocycles. The second-order valence-electron chi connectivity index (χ2n) is 4.80. The molecular formula is C15H18N2O. The van der Waals surface area contributed by atoms with Gasteiger partial charge in [0.2, 0.25) is 0 Å². The Bertz CT molecular complexity index is 528. The predicted molar refractivity (Wildman–Crippen MR) is 74.0 cm³/mol. The van der Waals surface area contributed by atoms with Crippen molar-refractivity contribution < 1.29 is 4.74 Å². The van der Waals surface area contributed by atoms with Crippen LogP contribution in [0.1, 0.15) is 12.8 Å². The summed E-state index contributed by atoms with van der Waals surface area (Å²) in [4.78, 5) is 6.64. The van der Waals surface area contributed by atoms with Gasteiger partial charge in [0.15, 0.2) is 0 Å². The number of pyridine rings is 1. The van der Waals surface area contributed by atoms with Crippen molar-refractivity contribution in [3.05, 3.63) is 36.7 Å². The highest BCUT2D eigenvalue weighted by molar-refractivity contribution is 5.93. The van der Waals surface area contributed by atoms with Crippen LogP contribution in [0.25, 0.3) is 10.8 Å². The number of ether oxygens (including phenoxy) is 1. The van der Waals surface area contributed by atoms with E-state index in [1.54, 1.807) is 0 Å². The number of hydrogen-bond acceptors (Lipinski definition) is 3. The Morgan fingerprint density at radius 2 is 2.06 bits per heavy atom. The van der Waals surface area contributed by atoms with E-state index >= 15 is 0 Å². The van der Waals surface area contributed by atoms with Gasteiger partial charge in [-0.3, -0.25) is 4.98 Å². The van der Waals surface area contributed by atoms with Crippen molar-refractivity contribution in [2.45, 2.75) is 18.9 Å². The minimum Gasteiger partial charge on any atom is -0.381 e. The molecule has 1 aliphatic heterocycles. The highest BCUT2D eigenvalue weighted by atomic mass is 16.5. The fourth-order valence-electron chi connectivity index (χ4n) is 2.71. The molecule has 3 heteroatoms. The molecule has 0 amide bonds. The Morgan fingerprint density at radius 1 is 1.22 bits per heavy atom. The van der Waals surface area contributed by atoms with Crippen molar-refractivity contribution in [3.8, 4) is 0 Å². The van der Waals surface area contributed by atoms with Gasteiger partial charge in [-0.15, -0.1) is 0 Å². The second-order valence-corrected chi connectivity index (χ2v) is 4.80. The van der Waals surface area contributed by atoms with Crippen LogP contribution in [0.5, 0.6) is 0 Å². The van der Waals surface area contributed by atoms with Crippen LogP contribution < -0.4 is 4.90 Å². The molecule has 0 spiro atoms. The van der Waals surface area contributed by atoms with Crippen molar-refractivity contribution in [1.29, 1.82) is 0 Å². The number of anilines is 1. The van der Waals surface area contributed by atoms with Crippen molar-refractivity contribution in [2.24, 2.45) is 0 Å². The summed E-state index contributed by atoms with van der Waals surface area (Å²) in [5, 5.41) is 2.51. The number of benzene rings is 1. The van der Waals surface area contributed by atoms with Gasteiger partial charge in [-0.25, -0.2) is 0 Å². The van der Waals surface area contributed by atoms with Gasteiger partial charge in [0.05, 0.1) is 6.10 Å². The first-order valence-electron chi connectivity index (χ1n) is 6.49. The summed E-state index contributed by atoms with van der Waals surface area (Å²) in [5.74, 6) is 0. The molecule has 0 radical (unpaired) electrons. The molecule has 0 N–H and O–H groups in total. The van der Waals surface area contributed by atoms with Gasteiger partial charge in [-0.05, 0) is 25.0 Å². The van der Waals surface area contributed by atoms with Crippen molar-refractivity contribution in [3.63, 3.8) is 0 Å². The van der Waals surface area contributed by atoms with E-state index in [-0.39, 0.29) is 0 Å². The highest BCUT2D eigenvalue weighted by Crippen LogP contribution is 2.28. The molecule has 1 aliphatic rings. The van der Waals surface area contributed by atoms with E-state index in [1.807, 2.05) is 19.5 Å². The van der Waals surface area contributed by atoms with Crippen LogP contribution in [-0.2, 0) is 4.74 Å². The molecule has 1 aromatic carbocycles. The Balaban J connectivity index is 1.91. The van der Waals surface area contributed by atoms with E-state index in [9.17, 15) is 0 Å². The lowest BCUT2D eigenvalue weighted by molar-refractivity contribution is 0.0819. The third-order valence-corrected chi connectivity index (χ3v) is 3.77. The number of rotatable bonds is 2. The van der Waals surface area contributed by atoms with Crippen molar-refractivity contribution in [2.75, 3.05) is 25.1 Å². The zero-order valence-electron chi connectivity index (χ0n) is 10.7. The Labute approximate surface area is 107 Å². The molecule has 94 valence electrons. The van der Waals surface area contributed by atoms with Crippen LogP contribution in [0.2, 0.25) is 0 Å². The first-order valence-corrected chi connectivity index (χ1v) is 6.49. The number of aromatic nitrogens is 1. The zero-order valence-corrected chi connectivity index (χ0v) is 10.7. The second kappa shape index (κ2) is 4.94. The molecule has 3 rings (SSSR count). The van der Waals surface area contributed by atoms with E-state index in [0.29, 0.717) is 6.10 Å². The van der Waals surface area contributed by atoms with E-state index in [1.165, 1.54) is 16.5 Å². The standard InChI is InChI=1S/C15H18N2O/c1-18-13-6-9-17(10-7-13)15-4-2-3-12-11-16-8-5-14(12)15/h2-5,8,11,13H,6-7,9-10H2,1H3. The topological polar surface area (TPSA) is 25.4 Å². The summed E-state index contributed by atoms with van der Waals surface area (Å²) in [5.41, 5.74) is 1.32. The minimum atomic E-state index is 0.429. The highest BCUT2D eigenvalue weighted by Gasteiger charge is 2.19. The van der Waals surface area contributed by atoms with Gasteiger partial charge in [0.1, 0.15) is 0 Å². The quantitative estimate of drug-likeness (QED) is 0.809. The summed E-state index contributed by atoms with van der Waals surface area (Å²) < 4.78 is 5.43. The molecule has 1 saturated heterocycles. The lowest BCUT2D eigenvalue weighted by Crippen LogP contribution is -2.36. The fraction of sp³-hybridized carbons (Fsp3) is 0.400. The zero-order chi connectivity index (χ0) is 12.4. The first kappa shape index (κ1) is 11.5. The van der Waals surface area contributed by atoms with Gasteiger partial charge < -0.3 is 9.64 Å². The van der Waals surface area contributed by atoms with Gasteiger partial charge >= 0.3 is 0 Å². The van der Waals surface area contributed by atoms with Crippen LogP contribution >= 0.6 is 0 Å². The molecule has 1 aromatic heterocycles. The SMILES string of the molecule is COC1CCN(c2cccc3cnccc23)CC1. The van der Waals surface area contributed by atoms with E-state index < -0.39 is 0 Å². The third kappa shape index (κ3) is 2.06. The van der Waals surface area contributed by atoms with Gasteiger partial charge in [0, 0.05) is 49.1 Å². The molecule has 2 heterocycles. The number of nitrogens with zero attached hydrogens (tertiary/aromatic N) is 2. The number of hydrogen-bond donors (Lipinski definition) is 0.